The average Bonchev–Trinajstić information content (AvgIpc) is 2.84. The number of benzene rings is 3. The number of anilines is 1. The number of halogens is 3. The van der Waals surface area contributed by atoms with Gasteiger partial charge in [0.15, 0.2) is 6.61 Å². The maximum absolute atomic E-state index is 13.1. The van der Waals surface area contributed by atoms with E-state index in [0.717, 1.165) is 17.7 Å². The molecule has 3 aromatic carbocycles. The zero-order chi connectivity index (χ0) is 25.9. The lowest BCUT2D eigenvalue weighted by Gasteiger charge is -2.14. The van der Waals surface area contributed by atoms with Crippen molar-refractivity contribution >= 4 is 22.6 Å². The minimum atomic E-state index is -4.61. The van der Waals surface area contributed by atoms with Crippen LogP contribution in [-0.4, -0.2) is 12.5 Å². The number of para-hydroxylation sites is 2. The number of carbonyl (C=O) groups is 1. The first-order valence-electron chi connectivity index (χ1n) is 11.0. The minimum absolute atomic E-state index is 0.0203. The van der Waals surface area contributed by atoms with Crippen molar-refractivity contribution in [1.29, 1.82) is 0 Å². The van der Waals surface area contributed by atoms with Gasteiger partial charge in [-0.2, -0.15) is 13.2 Å². The van der Waals surface area contributed by atoms with E-state index in [1.807, 2.05) is 32.0 Å². The Morgan fingerprint density at radius 1 is 1.00 bits per heavy atom. The molecule has 0 unspecified atom stereocenters. The number of carbonyl (C=O) groups excluding carboxylic acids is 1. The summed E-state index contributed by atoms with van der Waals surface area (Å²) in [5, 5.41) is 2.44. The van der Waals surface area contributed by atoms with Gasteiger partial charge in [0.05, 0.1) is 16.6 Å². The molecule has 1 amide bonds. The number of hydrogen-bond acceptors (Lipinski definition) is 5. The highest BCUT2D eigenvalue weighted by molar-refractivity contribution is 5.92. The van der Waals surface area contributed by atoms with Crippen molar-refractivity contribution in [2.45, 2.75) is 25.9 Å². The standard InChI is InChI=1S/C27H22F3NO5/c1-16(2)18-7-3-6-10-22(18)36-24-14-35-23-13-17(11-12-19(23)26(24)33)34-15-25(32)31-21-9-5-4-8-20(21)27(28,29)30/h3-14,16H,15H2,1-2H3,(H,31,32). The van der Waals surface area contributed by atoms with Gasteiger partial charge in [0.25, 0.3) is 5.91 Å². The molecule has 0 aliphatic carbocycles. The second-order valence-corrected chi connectivity index (χ2v) is 8.26. The molecule has 1 aromatic heterocycles. The molecule has 0 bridgehead atoms. The van der Waals surface area contributed by atoms with E-state index < -0.39 is 24.3 Å². The van der Waals surface area contributed by atoms with Crippen LogP contribution in [0.25, 0.3) is 11.0 Å². The van der Waals surface area contributed by atoms with Crippen molar-refractivity contribution in [3.63, 3.8) is 0 Å². The highest BCUT2D eigenvalue weighted by Crippen LogP contribution is 2.34. The summed E-state index contributed by atoms with van der Waals surface area (Å²) in [4.78, 5) is 25.1. The fourth-order valence-electron chi connectivity index (χ4n) is 3.59. The molecular formula is C27H22F3NO5. The van der Waals surface area contributed by atoms with Crippen molar-refractivity contribution in [3.05, 3.63) is 94.3 Å². The molecule has 0 atom stereocenters. The molecule has 6 nitrogen and oxygen atoms in total. The van der Waals surface area contributed by atoms with E-state index in [4.69, 9.17) is 13.9 Å². The van der Waals surface area contributed by atoms with E-state index in [-0.39, 0.29) is 39.5 Å². The maximum atomic E-state index is 13.1. The van der Waals surface area contributed by atoms with Gasteiger partial charge in [-0.3, -0.25) is 9.59 Å². The summed E-state index contributed by atoms with van der Waals surface area (Å²) in [6, 6.07) is 16.4. The van der Waals surface area contributed by atoms with Crippen LogP contribution < -0.4 is 20.2 Å². The number of nitrogens with one attached hydrogen (secondary N) is 1. The normalized spacial score (nSPS) is 11.5. The molecule has 36 heavy (non-hydrogen) atoms. The highest BCUT2D eigenvalue weighted by Gasteiger charge is 2.33. The summed E-state index contributed by atoms with van der Waals surface area (Å²) < 4.78 is 56.1. The first-order chi connectivity index (χ1) is 17.1. The van der Waals surface area contributed by atoms with Crippen LogP contribution in [0.15, 0.2) is 82.2 Å². The highest BCUT2D eigenvalue weighted by atomic mass is 19.4. The van der Waals surface area contributed by atoms with E-state index in [1.54, 1.807) is 6.07 Å². The monoisotopic (exact) mass is 497 g/mol. The molecule has 4 aromatic rings. The molecular weight excluding hydrogens is 475 g/mol. The third-order valence-electron chi connectivity index (χ3n) is 5.35. The van der Waals surface area contributed by atoms with Gasteiger partial charge in [-0.05, 0) is 41.8 Å². The van der Waals surface area contributed by atoms with E-state index in [2.05, 4.69) is 5.32 Å². The van der Waals surface area contributed by atoms with E-state index in [9.17, 15) is 22.8 Å². The lowest BCUT2D eigenvalue weighted by atomic mass is 10.0. The van der Waals surface area contributed by atoms with Gasteiger partial charge in [-0.15, -0.1) is 0 Å². The van der Waals surface area contributed by atoms with Crippen molar-refractivity contribution in [1.82, 2.24) is 0 Å². The van der Waals surface area contributed by atoms with Crippen LogP contribution in [-0.2, 0) is 11.0 Å². The molecule has 0 saturated heterocycles. The van der Waals surface area contributed by atoms with Crippen molar-refractivity contribution in [2.24, 2.45) is 0 Å². The minimum Gasteiger partial charge on any atom is -0.484 e. The second kappa shape index (κ2) is 10.2. The Labute approximate surface area is 204 Å². The Hall–Kier alpha value is -4.27. The Kier molecular flexibility index (Phi) is 7.00. The van der Waals surface area contributed by atoms with Gasteiger partial charge in [-0.1, -0.05) is 44.2 Å². The molecule has 4 rings (SSSR count). The van der Waals surface area contributed by atoms with Crippen LogP contribution in [0.2, 0.25) is 0 Å². The van der Waals surface area contributed by atoms with Gasteiger partial charge in [-0.25, -0.2) is 0 Å². The third-order valence-corrected chi connectivity index (χ3v) is 5.35. The van der Waals surface area contributed by atoms with Gasteiger partial charge in [0, 0.05) is 6.07 Å². The average molecular weight is 497 g/mol. The Balaban J connectivity index is 1.47. The largest absolute Gasteiger partial charge is 0.484 e. The van der Waals surface area contributed by atoms with Crippen molar-refractivity contribution in [3.8, 4) is 17.2 Å². The number of rotatable bonds is 7. The summed E-state index contributed by atoms with van der Waals surface area (Å²) in [6.45, 7) is 3.49. The summed E-state index contributed by atoms with van der Waals surface area (Å²) in [5.74, 6) is 0.182. The summed E-state index contributed by atoms with van der Waals surface area (Å²) in [6.07, 6.45) is -3.41. The second-order valence-electron chi connectivity index (χ2n) is 8.26. The van der Waals surface area contributed by atoms with Crippen LogP contribution in [0, 0.1) is 0 Å². The topological polar surface area (TPSA) is 77.8 Å². The predicted molar refractivity (Wildman–Crippen MR) is 129 cm³/mol. The Bertz CT molecular complexity index is 1460. The fraction of sp³-hybridized carbons (Fsp3) is 0.185. The zero-order valence-corrected chi connectivity index (χ0v) is 19.4. The Morgan fingerprint density at radius 3 is 2.47 bits per heavy atom. The zero-order valence-electron chi connectivity index (χ0n) is 19.4. The maximum Gasteiger partial charge on any atom is 0.418 e. The number of fused-ring (bicyclic) bond motifs is 1. The molecule has 1 N–H and O–H groups in total. The summed E-state index contributed by atoms with van der Waals surface area (Å²) in [7, 11) is 0. The first-order valence-corrected chi connectivity index (χ1v) is 11.0. The van der Waals surface area contributed by atoms with Crippen LogP contribution in [0.5, 0.6) is 17.2 Å². The number of alkyl halides is 3. The van der Waals surface area contributed by atoms with Gasteiger partial charge < -0.3 is 19.2 Å². The van der Waals surface area contributed by atoms with Crippen molar-refractivity contribution < 1.29 is 31.9 Å². The molecule has 9 heteroatoms. The van der Waals surface area contributed by atoms with Crippen LogP contribution in [0.1, 0.15) is 30.9 Å². The molecule has 0 aliphatic heterocycles. The number of hydrogen-bond donors (Lipinski definition) is 1. The van der Waals surface area contributed by atoms with E-state index in [0.29, 0.717) is 5.75 Å². The summed E-state index contributed by atoms with van der Waals surface area (Å²) >= 11 is 0. The summed E-state index contributed by atoms with van der Waals surface area (Å²) in [5.41, 5.74) is -0.570. The lowest BCUT2D eigenvalue weighted by molar-refractivity contribution is -0.137. The van der Waals surface area contributed by atoms with Crippen molar-refractivity contribution in [2.75, 3.05) is 11.9 Å². The van der Waals surface area contributed by atoms with Gasteiger partial charge in [0.2, 0.25) is 11.2 Å². The molecule has 1 heterocycles. The van der Waals surface area contributed by atoms with Crippen LogP contribution in [0.3, 0.4) is 0 Å². The van der Waals surface area contributed by atoms with E-state index in [1.165, 1.54) is 36.6 Å². The van der Waals surface area contributed by atoms with Crippen LogP contribution in [0.4, 0.5) is 18.9 Å². The van der Waals surface area contributed by atoms with Gasteiger partial charge in [0.1, 0.15) is 23.3 Å². The van der Waals surface area contributed by atoms with Gasteiger partial charge >= 0.3 is 6.18 Å². The number of amides is 1. The molecule has 186 valence electrons. The fourth-order valence-corrected chi connectivity index (χ4v) is 3.59. The third kappa shape index (κ3) is 5.51. The predicted octanol–water partition coefficient (Wildman–Crippen LogP) is 6.75. The van der Waals surface area contributed by atoms with Crippen LogP contribution >= 0.6 is 0 Å². The first kappa shape index (κ1) is 24.8. The molecule has 0 saturated carbocycles. The van der Waals surface area contributed by atoms with E-state index >= 15 is 0 Å². The molecule has 0 fully saturated rings. The molecule has 0 radical (unpaired) electrons. The molecule has 0 aliphatic rings. The quantitative estimate of drug-likeness (QED) is 0.306. The SMILES string of the molecule is CC(C)c1ccccc1Oc1coc2cc(OCC(=O)Nc3ccccc3C(F)(F)F)ccc2c1=O. The molecule has 0 spiro atoms. The smallest absolute Gasteiger partial charge is 0.418 e. The lowest BCUT2D eigenvalue weighted by Crippen LogP contribution is -2.22. The Morgan fingerprint density at radius 2 is 1.72 bits per heavy atom. The number of ether oxygens (including phenoxy) is 2.